The summed E-state index contributed by atoms with van der Waals surface area (Å²) < 4.78 is 0. The summed E-state index contributed by atoms with van der Waals surface area (Å²) in [5.74, 6) is 0.561. The Labute approximate surface area is 164 Å². The molecule has 0 saturated carbocycles. The second-order valence-electron chi connectivity index (χ2n) is 6.35. The van der Waals surface area contributed by atoms with Crippen molar-refractivity contribution in [2.75, 3.05) is 18.9 Å². The maximum absolute atomic E-state index is 12.7. The number of pyridine rings is 2. The van der Waals surface area contributed by atoms with E-state index in [1.807, 2.05) is 37.3 Å². The van der Waals surface area contributed by atoms with Crippen LogP contribution in [0.1, 0.15) is 21.5 Å². The predicted molar refractivity (Wildman–Crippen MR) is 109 cm³/mol. The lowest BCUT2D eigenvalue weighted by molar-refractivity contribution is 0.0796. The first-order valence-electron chi connectivity index (χ1n) is 8.66. The Hall–Kier alpha value is -2.92. The summed E-state index contributed by atoms with van der Waals surface area (Å²) in [6.07, 6.45) is 5.93. The minimum Gasteiger partial charge on any atom is -0.341 e. The van der Waals surface area contributed by atoms with Crippen molar-refractivity contribution in [3.8, 4) is 0 Å². The molecule has 0 unspecified atom stereocenters. The van der Waals surface area contributed by atoms with Crippen molar-refractivity contribution in [1.29, 1.82) is 0 Å². The molecule has 1 amide bonds. The van der Waals surface area contributed by atoms with Crippen molar-refractivity contribution in [2.24, 2.45) is 0 Å². The monoisotopic (exact) mass is 380 g/mol. The highest BCUT2D eigenvalue weighted by Gasteiger charge is 2.13. The van der Waals surface area contributed by atoms with E-state index < -0.39 is 0 Å². The number of likely N-dealkylation sites (N-methyl/N-ethyl adjacent to an activating group) is 1. The van der Waals surface area contributed by atoms with Gasteiger partial charge >= 0.3 is 0 Å². The lowest BCUT2D eigenvalue weighted by Crippen LogP contribution is -2.28. The maximum Gasteiger partial charge on any atom is 0.253 e. The van der Waals surface area contributed by atoms with Gasteiger partial charge in [0.1, 0.15) is 5.82 Å². The Morgan fingerprint density at radius 1 is 1.11 bits per heavy atom. The molecule has 1 aromatic carbocycles. The van der Waals surface area contributed by atoms with E-state index in [1.165, 1.54) is 0 Å². The van der Waals surface area contributed by atoms with Gasteiger partial charge < -0.3 is 10.2 Å². The lowest BCUT2D eigenvalue weighted by atomic mass is 10.1. The Balaban J connectivity index is 1.68. The van der Waals surface area contributed by atoms with Crippen LogP contribution in [-0.2, 0) is 6.42 Å². The Morgan fingerprint density at radius 3 is 2.67 bits per heavy atom. The van der Waals surface area contributed by atoms with Gasteiger partial charge in [0.2, 0.25) is 0 Å². The Kier molecular flexibility index (Phi) is 6.04. The number of aryl methyl sites for hydroxylation is 1. The van der Waals surface area contributed by atoms with Gasteiger partial charge in [-0.3, -0.25) is 9.78 Å². The number of carbonyl (C=O) groups is 1. The molecule has 138 valence electrons. The van der Waals surface area contributed by atoms with Gasteiger partial charge in [0.25, 0.3) is 5.91 Å². The molecule has 0 atom stereocenters. The average molecular weight is 381 g/mol. The van der Waals surface area contributed by atoms with Gasteiger partial charge in [-0.2, -0.15) is 0 Å². The van der Waals surface area contributed by atoms with Crippen molar-refractivity contribution >= 4 is 29.0 Å². The minimum atomic E-state index is -0.0441. The van der Waals surface area contributed by atoms with Crippen molar-refractivity contribution in [3.05, 3.63) is 82.8 Å². The van der Waals surface area contributed by atoms with Crippen LogP contribution < -0.4 is 5.32 Å². The van der Waals surface area contributed by atoms with E-state index in [2.05, 4.69) is 15.3 Å². The van der Waals surface area contributed by atoms with Gasteiger partial charge in [0.15, 0.2) is 0 Å². The summed E-state index contributed by atoms with van der Waals surface area (Å²) in [6.45, 7) is 2.61. The third-order valence-electron chi connectivity index (χ3n) is 4.30. The number of nitrogens with zero attached hydrogens (tertiary/aromatic N) is 3. The number of carbonyl (C=O) groups excluding carboxylic acids is 1. The molecule has 2 heterocycles. The molecular weight excluding hydrogens is 360 g/mol. The number of halogens is 1. The second-order valence-corrected chi connectivity index (χ2v) is 6.78. The number of rotatable bonds is 6. The van der Waals surface area contributed by atoms with Crippen LogP contribution in [0.15, 0.2) is 61.1 Å². The molecule has 0 aliphatic heterocycles. The zero-order valence-corrected chi connectivity index (χ0v) is 16.1. The van der Waals surface area contributed by atoms with Gasteiger partial charge in [-0.25, -0.2) is 4.98 Å². The zero-order chi connectivity index (χ0) is 19.2. The molecule has 0 spiro atoms. The fourth-order valence-electron chi connectivity index (χ4n) is 2.67. The molecule has 6 heteroatoms. The first kappa shape index (κ1) is 18.9. The highest BCUT2D eigenvalue weighted by molar-refractivity contribution is 6.30. The third-order valence-corrected chi connectivity index (χ3v) is 4.54. The van der Waals surface area contributed by atoms with Gasteiger partial charge in [0.05, 0.1) is 0 Å². The number of benzene rings is 1. The Bertz CT molecular complexity index is 930. The highest BCUT2D eigenvalue weighted by atomic mass is 35.5. The van der Waals surface area contributed by atoms with E-state index in [9.17, 15) is 4.79 Å². The van der Waals surface area contributed by atoms with Crippen LogP contribution >= 0.6 is 11.6 Å². The SMILES string of the molecule is Cc1ccc(Cl)cc1Nc1cc(C(=O)N(C)CCc2ccncc2)ccn1. The number of nitrogens with one attached hydrogen (secondary N) is 1. The molecule has 27 heavy (non-hydrogen) atoms. The second kappa shape index (κ2) is 8.64. The van der Waals surface area contributed by atoms with E-state index in [0.29, 0.717) is 22.9 Å². The van der Waals surface area contributed by atoms with Crippen LogP contribution in [0.25, 0.3) is 0 Å². The molecule has 1 N–H and O–H groups in total. The summed E-state index contributed by atoms with van der Waals surface area (Å²) in [5.41, 5.74) is 3.65. The van der Waals surface area contributed by atoms with Crippen LogP contribution in [0.3, 0.4) is 0 Å². The molecule has 5 nitrogen and oxygen atoms in total. The van der Waals surface area contributed by atoms with Crippen LogP contribution in [0, 0.1) is 6.92 Å². The molecule has 0 radical (unpaired) electrons. The molecule has 3 rings (SSSR count). The molecule has 0 aliphatic carbocycles. The molecule has 2 aromatic heterocycles. The number of amides is 1. The zero-order valence-electron chi connectivity index (χ0n) is 15.3. The fourth-order valence-corrected chi connectivity index (χ4v) is 2.84. The number of aromatic nitrogens is 2. The van der Waals surface area contributed by atoms with Gasteiger partial charge in [-0.1, -0.05) is 17.7 Å². The first-order valence-corrected chi connectivity index (χ1v) is 9.04. The van der Waals surface area contributed by atoms with E-state index >= 15 is 0 Å². The summed E-state index contributed by atoms with van der Waals surface area (Å²) in [6, 6.07) is 13.0. The topological polar surface area (TPSA) is 58.1 Å². The van der Waals surface area contributed by atoms with Gasteiger partial charge in [-0.05, 0) is 60.9 Å². The average Bonchev–Trinajstić information content (AvgIpc) is 2.69. The Morgan fingerprint density at radius 2 is 1.89 bits per heavy atom. The normalized spacial score (nSPS) is 10.5. The fraction of sp³-hybridized carbons (Fsp3) is 0.190. The molecular formula is C21H21ClN4O. The highest BCUT2D eigenvalue weighted by Crippen LogP contribution is 2.23. The van der Waals surface area contributed by atoms with Crippen LogP contribution in [0.2, 0.25) is 5.02 Å². The lowest BCUT2D eigenvalue weighted by Gasteiger charge is -2.18. The van der Waals surface area contributed by atoms with Crippen LogP contribution in [0.5, 0.6) is 0 Å². The van der Waals surface area contributed by atoms with Gasteiger partial charge in [-0.15, -0.1) is 0 Å². The molecule has 0 fully saturated rings. The predicted octanol–water partition coefficient (Wildman–Crippen LogP) is 4.50. The number of anilines is 2. The molecule has 3 aromatic rings. The minimum absolute atomic E-state index is 0.0441. The van der Waals surface area contributed by atoms with Crippen LogP contribution in [-0.4, -0.2) is 34.4 Å². The molecule has 0 saturated heterocycles. The van der Waals surface area contributed by atoms with Crippen molar-refractivity contribution in [1.82, 2.24) is 14.9 Å². The first-order chi connectivity index (χ1) is 13.0. The summed E-state index contributed by atoms with van der Waals surface area (Å²) in [7, 11) is 1.80. The maximum atomic E-state index is 12.7. The van der Waals surface area contributed by atoms with Crippen molar-refractivity contribution < 1.29 is 4.79 Å². The van der Waals surface area contributed by atoms with Crippen LogP contribution in [0.4, 0.5) is 11.5 Å². The summed E-state index contributed by atoms with van der Waals surface area (Å²) in [4.78, 5) is 22.8. The van der Waals surface area contributed by atoms with E-state index in [0.717, 1.165) is 23.2 Å². The molecule has 0 aliphatic rings. The number of hydrogen-bond acceptors (Lipinski definition) is 4. The van der Waals surface area contributed by atoms with E-state index in [4.69, 9.17) is 11.6 Å². The smallest absolute Gasteiger partial charge is 0.253 e. The van der Waals surface area contributed by atoms with Crippen molar-refractivity contribution in [3.63, 3.8) is 0 Å². The standard InChI is InChI=1S/C21H21ClN4O/c1-15-3-4-18(22)14-19(15)25-20-13-17(7-11-24-20)21(27)26(2)12-8-16-5-9-23-10-6-16/h3-7,9-11,13-14H,8,12H2,1-2H3,(H,24,25). The van der Waals surface area contributed by atoms with Crippen molar-refractivity contribution in [2.45, 2.75) is 13.3 Å². The number of hydrogen-bond donors (Lipinski definition) is 1. The van der Waals surface area contributed by atoms with E-state index in [1.54, 1.807) is 42.7 Å². The quantitative estimate of drug-likeness (QED) is 0.684. The largest absolute Gasteiger partial charge is 0.341 e. The molecule has 0 bridgehead atoms. The van der Waals surface area contributed by atoms with Gasteiger partial charge in [0, 0.05) is 48.5 Å². The summed E-state index contributed by atoms with van der Waals surface area (Å²) in [5, 5.41) is 3.88. The summed E-state index contributed by atoms with van der Waals surface area (Å²) >= 11 is 6.07. The third kappa shape index (κ3) is 5.05. The van der Waals surface area contributed by atoms with E-state index in [-0.39, 0.29) is 5.91 Å².